The van der Waals surface area contributed by atoms with E-state index in [0.717, 1.165) is 10.9 Å². The topological polar surface area (TPSA) is 55.1 Å². The van der Waals surface area contributed by atoms with Crippen LogP contribution < -0.4 is 4.74 Å². The molecule has 0 bridgehead atoms. The van der Waals surface area contributed by atoms with Crippen molar-refractivity contribution in [1.82, 2.24) is 4.98 Å². The molecule has 0 N–H and O–H groups in total. The van der Waals surface area contributed by atoms with Crippen LogP contribution in [0.3, 0.4) is 0 Å². The predicted molar refractivity (Wildman–Crippen MR) is 68.4 cm³/mol. The molecular formula is C14H14N2O2. The first kappa shape index (κ1) is 12.3. The molecule has 1 unspecified atom stereocenters. The normalized spacial score (nSPS) is 12.1. The lowest BCUT2D eigenvalue weighted by molar-refractivity contribution is 0.0929. The molecule has 18 heavy (non-hydrogen) atoms. The van der Waals surface area contributed by atoms with E-state index in [9.17, 15) is 0 Å². The summed E-state index contributed by atoms with van der Waals surface area (Å²) in [6, 6.07) is 9.71. The molecule has 0 saturated carbocycles. The van der Waals surface area contributed by atoms with E-state index in [0.29, 0.717) is 17.9 Å². The number of hydrogen-bond acceptors (Lipinski definition) is 4. The first-order valence-electron chi connectivity index (χ1n) is 5.69. The number of rotatable bonds is 4. The Kier molecular flexibility index (Phi) is 3.75. The minimum atomic E-state index is -0.118. The number of pyridine rings is 1. The Morgan fingerprint density at radius 2 is 2.17 bits per heavy atom. The Labute approximate surface area is 106 Å². The smallest absolute Gasteiger partial charge is 0.148 e. The van der Waals surface area contributed by atoms with Crippen LogP contribution in [0.25, 0.3) is 10.9 Å². The van der Waals surface area contributed by atoms with Crippen LogP contribution in [0.2, 0.25) is 0 Å². The highest BCUT2D eigenvalue weighted by Crippen LogP contribution is 2.28. The van der Waals surface area contributed by atoms with Crippen molar-refractivity contribution in [3.8, 4) is 11.8 Å². The number of fused-ring (bicyclic) bond motifs is 1. The SMILES string of the molecule is COCC(C)Oc1c(C#N)cnc2ccccc12. The molecular weight excluding hydrogens is 228 g/mol. The zero-order valence-corrected chi connectivity index (χ0v) is 10.4. The molecule has 1 aromatic heterocycles. The summed E-state index contributed by atoms with van der Waals surface area (Å²) < 4.78 is 10.8. The van der Waals surface area contributed by atoms with Crippen LogP contribution in [0.4, 0.5) is 0 Å². The quantitative estimate of drug-likeness (QED) is 0.826. The van der Waals surface area contributed by atoms with E-state index < -0.39 is 0 Å². The lowest BCUT2D eigenvalue weighted by Crippen LogP contribution is -2.18. The molecule has 0 spiro atoms. The second kappa shape index (κ2) is 5.48. The van der Waals surface area contributed by atoms with Gasteiger partial charge in [0.2, 0.25) is 0 Å². The van der Waals surface area contributed by atoms with E-state index in [1.807, 2.05) is 31.2 Å². The van der Waals surface area contributed by atoms with Crippen LogP contribution >= 0.6 is 0 Å². The molecule has 0 fully saturated rings. The first-order valence-corrected chi connectivity index (χ1v) is 5.69. The third kappa shape index (κ3) is 2.41. The Morgan fingerprint density at radius 3 is 2.89 bits per heavy atom. The molecule has 4 nitrogen and oxygen atoms in total. The van der Waals surface area contributed by atoms with Gasteiger partial charge in [0.15, 0.2) is 0 Å². The maximum absolute atomic E-state index is 9.12. The maximum atomic E-state index is 9.12. The van der Waals surface area contributed by atoms with Gasteiger partial charge >= 0.3 is 0 Å². The fourth-order valence-electron chi connectivity index (χ4n) is 1.79. The van der Waals surface area contributed by atoms with E-state index in [1.165, 1.54) is 6.20 Å². The predicted octanol–water partition coefficient (Wildman–Crippen LogP) is 2.52. The van der Waals surface area contributed by atoms with Gasteiger partial charge in [-0.05, 0) is 19.1 Å². The average molecular weight is 242 g/mol. The van der Waals surface area contributed by atoms with Crippen molar-refractivity contribution in [2.45, 2.75) is 13.0 Å². The molecule has 1 aromatic carbocycles. The van der Waals surface area contributed by atoms with Crippen molar-refractivity contribution in [2.75, 3.05) is 13.7 Å². The fourth-order valence-corrected chi connectivity index (χ4v) is 1.79. The monoisotopic (exact) mass is 242 g/mol. The molecule has 4 heteroatoms. The van der Waals surface area contributed by atoms with Crippen molar-refractivity contribution in [2.24, 2.45) is 0 Å². The van der Waals surface area contributed by atoms with E-state index in [4.69, 9.17) is 14.7 Å². The summed E-state index contributed by atoms with van der Waals surface area (Å²) in [5.74, 6) is 0.577. The molecule has 92 valence electrons. The number of benzene rings is 1. The zero-order valence-electron chi connectivity index (χ0n) is 10.4. The van der Waals surface area contributed by atoms with Gasteiger partial charge in [-0.1, -0.05) is 12.1 Å². The van der Waals surface area contributed by atoms with Crippen molar-refractivity contribution in [1.29, 1.82) is 5.26 Å². The minimum absolute atomic E-state index is 0.118. The second-order valence-corrected chi connectivity index (χ2v) is 4.01. The first-order chi connectivity index (χ1) is 8.76. The van der Waals surface area contributed by atoms with Gasteiger partial charge in [0.25, 0.3) is 0 Å². The maximum Gasteiger partial charge on any atom is 0.148 e. The summed E-state index contributed by atoms with van der Waals surface area (Å²) in [5.41, 5.74) is 1.26. The Hall–Kier alpha value is -2.12. The van der Waals surface area contributed by atoms with Crippen molar-refractivity contribution in [3.05, 3.63) is 36.0 Å². The number of aromatic nitrogens is 1. The van der Waals surface area contributed by atoms with Crippen LogP contribution in [0.15, 0.2) is 30.5 Å². The highest BCUT2D eigenvalue weighted by atomic mass is 16.5. The Morgan fingerprint density at radius 1 is 1.39 bits per heavy atom. The summed E-state index contributed by atoms with van der Waals surface area (Å²) in [6.07, 6.45) is 1.42. The van der Waals surface area contributed by atoms with E-state index in [-0.39, 0.29) is 6.10 Å². The van der Waals surface area contributed by atoms with Crippen molar-refractivity contribution in [3.63, 3.8) is 0 Å². The van der Waals surface area contributed by atoms with E-state index >= 15 is 0 Å². The van der Waals surface area contributed by atoms with Gasteiger partial charge in [-0.2, -0.15) is 5.26 Å². The molecule has 0 aliphatic carbocycles. The largest absolute Gasteiger partial charge is 0.486 e. The van der Waals surface area contributed by atoms with E-state index in [1.54, 1.807) is 7.11 Å². The van der Waals surface area contributed by atoms with Crippen LogP contribution in [0.5, 0.6) is 5.75 Å². The summed E-state index contributed by atoms with van der Waals surface area (Å²) in [5, 5.41) is 9.97. The highest BCUT2D eigenvalue weighted by molar-refractivity contribution is 5.87. The zero-order chi connectivity index (χ0) is 13.0. The Balaban J connectivity index is 2.48. The molecule has 1 heterocycles. The molecule has 2 rings (SSSR count). The molecule has 1 atom stereocenters. The Bertz CT molecular complexity index is 590. The average Bonchev–Trinajstić information content (AvgIpc) is 2.39. The summed E-state index contributed by atoms with van der Waals surface area (Å²) >= 11 is 0. The van der Waals surface area contributed by atoms with Crippen LogP contribution in [-0.2, 0) is 4.74 Å². The fraction of sp³-hybridized carbons (Fsp3) is 0.286. The summed E-state index contributed by atoms with van der Waals surface area (Å²) in [7, 11) is 1.62. The lowest BCUT2D eigenvalue weighted by atomic mass is 10.1. The molecule has 2 aromatic rings. The summed E-state index contributed by atoms with van der Waals surface area (Å²) in [4.78, 5) is 4.23. The van der Waals surface area contributed by atoms with Crippen LogP contribution in [-0.4, -0.2) is 24.8 Å². The summed E-state index contributed by atoms with van der Waals surface area (Å²) in [6.45, 7) is 2.38. The molecule has 0 aliphatic heterocycles. The molecule has 0 aliphatic rings. The number of nitrogens with zero attached hydrogens (tertiary/aromatic N) is 2. The van der Waals surface area contributed by atoms with Gasteiger partial charge in [-0.15, -0.1) is 0 Å². The van der Waals surface area contributed by atoms with E-state index in [2.05, 4.69) is 11.1 Å². The number of methoxy groups -OCH3 is 1. The number of para-hydroxylation sites is 1. The van der Waals surface area contributed by atoms with Crippen LogP contribution in [0.1, 0.15) is 12.5 Å². The molecule has 0 amide bonds. The van der Waals surface area contributed by atoms with Gasteiger partial charge in [0, 0.05) is 18.7 Å². The highest BCUT2D eigenvalue weighted by Gasteiger charge is 2.12. The van der Waals surface area contributed by atoms with Gasteiger partial charge < -0.3 is 9.47 Å². The van der Waals surface area contributed by atoms with Gasteiger partial charge in [0.05, 0.1) is 12.1 Å². The van der Waals surface area contributed by atoms with Crippen LogP contribution in [0, 0.1) is 11.3 Å². The number of ether oxygens (including phenoxy) is 2. The number of nitriles is 1. The van der Waals surface area contributed by atoms with Crippen molar-refractivity contribution >= 4 is 10.9 Å². The third-order valence-electron chi connectivity index (χ3n) is 2.57. The lowest BCUT2D eigenvalue weighted by Gasteiger charge is -2.16. The van der Waals surface area contributed by atoms with Gasteiger partial charge in [-0.3, -0.25) is 4.98 Å². The second-order valence-electron chi connectivity index (χ2n) is 4.01. The van der Waals surface area contributed by atoms with Gasteiger partial charge in [-0.25, -0.2) is 0 Å². The molecule has 0 saturated heterocycles. The number of hydrogen-bond donors (Lipinski definition) is 0. The van der Waals surface area contributed by atoms with Crippen molar-refractivity contribution < 1.29 is 9.47 Å². The third-order valence-corrected chi connectivity index (χ3v) is 2.57. The van der Waals surface area contributed by atoms with Gasteiger partial charge in [0.1, 0.15) is 23.5 Å². The molecule has 0 radical (unpaired) electrons. The minimum Gasteiger partial charge on any atom is -0.486 e. The standard InChI is InChI=1S/C14H14N2O2/c1-10(9-17-2)18-14-11(7-15)8-16-13-6-4-3-5-12(13)14/h3-6,8,10H,9H2,1-2H3.